The maximum atomic E-state index is 11.9. The molecule has 0 fully saturated rings. The van der Waals surface area contributed by atoms with E-state index in [4.69, 9.17) is 10.5 Å². The molecule has 3 N–H and O–H groups in total. The van der Waals surface area contributed by atoms with E-state index in [1.807, 2.05) is 6.26 Å². The molecule has 0 aliphatic rings. The van der Waals surface area contributed by atoms with Gasteiger partial charge in [0, 0.05) is 12.1 Å². The molecule has 0 aliphatic carbocycles. The first-order valence-corrected chi connectivity index (χ1v) is 7.78. The third-order valence-corrected chi connectivity index (χ3v) is 3.38. The van der Waals surface area contributed by atoms with Gasteiger partial charge >= 0.3 is 12.0 Å². The minimum Gasteiger partial charge on any atom is -0.459 e. The molecule has 0 unspecified atom stereocenters. The van der Waals surface area contributed by atoms with Gasteiger partial charge in [-0.3, -0.25) is 10.1 Å². The van der Waals surface area contributed by atoms with Crippen molar-refractivity contribution in [1.29, 1.82) is 0 Å². The highest BCUT2D eigenvalue weighted by Gasteiger charge is 2.21. The highest BCUT2D eigenvalue weighted by atomic mass is 32.2. The first kappa shape index (κ1) is 17.8. The molecule has 0 radical (unpaired) electrons. The summed E-state index contributed by atoms with van der Waals surface area (Å²) in [4.78, 5) is 32.8. The lowest BCUT2D eigenvalue weighted by Gasteiger charge is -2.16. The zero-order chi connectivity index (χ0) is 16.5. The zero-order valence-corrected chi connectivity index (χ0v) is 12.8. The van der Waals surface area contributed by atoms with Crippen LogP contribution in [0.15, 0.2) is 24.3 Å². The summed E-state index contributed by atoms with van der Waals surface area (Å²) in [5.41, 5.74) is 5.60. The van der Waals surface area contributed by atoms with Crippen LogP contribution in [0.4, 0.5) is 10.5 Å². The van der Waals surface area contributed by atoms with E-state index in [9.17, 15) is 19.7 Å². The van der Waals surface area contributed by atoms with Crippen LogP contribution in [0.3, 0.4) is 0 Å². The smallest absolute Gasteiger partial charge is 0.329 e. The lowest BCUT2D eigenvalue weighted by molar-refractivity contribution is -0.384. The molecule has 9 heteroatoms. The Morgan fingerprint density at radius 2 is 2.05 bits per heavy atom. The van der Waals surface area contributed by atoms with Gasteiger partial charge in [0.05, 0.1) is 4.92 Å². The zero-order valence-electron chi connectivity index (χ0n) is 12.0. The number of hydrogen-bond acceptors (Lipinski definition) is 6. The number of nitrogens with one attached hydrogen (secondary N) is 1. The molecule has 2 amide bonds. The van der Waals surface area contributed by atoms with E-state index in [1.165, 1.54) is 36.0 Å². The molecule has 0 saturated heterocycles. The average Bonchev–Trinajstić information content (AvgIpc) is 2.49. The highest BCUT2D eigenvalue weighted by molar-refractivity contribution is 7.98. The summed E-state index contributed by atoms with van der Waals surface area (Å²) < 4.78 is 5.10. The maximum absolute atomic E-state index is 11.9. The minimum absolute atomic E-state index is 0.0347. The second kappa shape index (κ2) is 8.88. The molecule has 0 aromatic heterocycles. The first-order valence-electron chi connectivity index (χ1n) is 6.39. The van der Waals surface area contributed by atoms with Crippen LogP contribution in [0.5, 0.6) is 0 Å². The van der Waals surface area contributed by atoms with Gasteiger partial charge in [-0.1, -0.05) is 0 Å². The van der Waals surface area contributed by atoms with E-state index in [0.29, 0.717) is 17.7 Å². The number of ether oxygens (including phenoxy) is 1. The van der Waals surface area contributed by atoms with Crippen LogP contribution in [-0.2, 0) is 16.1 Å². The van der Waals surface area contributed by atoms with Crippen LogP contribution in [0.2, 0.25) is 0 Å². The molecule has 22 heavy (non-hydrogen) atoms. The van der Waals surface area contributed by atoms with Crippen molar-refractivity contribution in [1.82, 2.24) is 5.32 Å². The van der Waals surface area contributed by atoms with E-state index in [2.05, 4.69) is 5.32 Å². The van der Waals surface area contributed by atoms with Gasteiger partial charge in [-0.25, -0.2) is 9.59 Å². The van der Waals surface area contributed by atoms with Crippen molar-refractivity contribution in [3.8, 4) is 0 Å². The number of carbonyl (C=O) groups is 2. The summed E-state index contributed by atoms with van der Waals surface area (Å²) in [5, 5.41) is 12.9. The van der Waals surface area contributed by atoms with Crippen LogP contribution in [0.1, 0.15) is 12.0 Å². The van der Waals surface area contributed by atoms with Crippen molar-refractivity contribution in [2.45, 2.75) is 19.1 Å². The van der Waals surface area contributed by atoms with E-state index < -0.39 is 23.0 Å². The van der Waals surface area contributed by atoms with Crippen molar-refractivity contribution in [3.05, 3.63) is 39.9 Å². The van der Waals surface area contributed by atoms with Crippen molar-refractivity contribution < 1.29 is 19.2 Å². The Kier molecular flexibility index (Phi) is 7.17. The average molecular weight is 327 g/mol. The summed E-state index contributed by atoms with van der Waals surface area (Å²) >= 11 is 1.53. The predicted molar refractivity (Wildman–Crippen MR) is 82.4 cm³/mol. The number of rotatable bonds is 8. The summed E-state index contributed by atoms with van der Waals surface area (Å²) in [6.45, 7) is -0.0347. The molecular weight excluding hydrogens is 310 g/mol. The van der Waals surface area contributed by atoms with Crippen LogP contribution in [0.25, 0.3) is 0 Å². The van der Waals surface area contributed by atoms with Crippen LogP contribution >= 0.6 is 11.8 Å². The number of non-ortho nitro benzene ring substituents is 1. The van der Waals surface area contributed by atoms with Crippen molar-refractivity contribution in [3.63, 3.8) is 0 Å². The molecule has 0 bridgehead atoms. The number of amides is 2. The van der Waals surface area contributed by atoms with Gasteiger partial charge in [0.1, 0.15) is 12.6 Å². The topological polar surface area (TPSA) is 125 Å². The minimum atomic E-state index is -0.803. The molecule has 1 aromatic rings. The number of nitrogens with two attached hydrogens (primary N) is 1. The van der Waals surface area contributed by atoms with Gasteiger partial charge in [0.15, 0.2) is 0 Å². The molecular formula is C13H17N3O5S. The number of nitro benzene ring substituents is 1. The van der Waals surface area contributed by atoms with Crippen LogP contribution in [0, 0.1) is 10.1 Å². The van der Waals surface area contributed by atoms with Crippen molar-refractivity contribution >= 4 is 29.4 Å². The Bertz CT molecular complexity index is 535. The molecule has 8 nitrogen and oxygen atoms in total. The number of thioether (sulfide) groups is 1. The number of nitrogens with zero attached hydrogens (tertiary/aromatic N) is 1. The quantitative estimate of drug-likeness (QED) is 0.423. The van der Waals surface area contributed by atoms with Crippen molar-refractivity contribution in [2.75, 3.05) is 12.0 Å². The predicted octanol–water partition coefficient (Wildman–Crippen LogP) is 1.43. The number of hydrogen-bond donors (Lipinski definition) is 2. The monoisotopic (exact) mass is 327 g/mol. The van der Waals surface area contributed by atoms with Crippen LogP contribution < -0.4 is 11.1 Å². The maximum Gasteiger partial charge on any atom is 0.329 e. The third kappa shape index (κ3) is 6.00. The fourth-order valence-electron chi connectivity index (χ4n) is 1.63. The number of urea groups is 1. The standard InChI is InChI=1S/C13H17N3O5S/c1-22-7-6-11(15-13(14)18)12(17)21-8-9-2-4-10(5-3-9)16(19)20/h2-5,11H,6-8H2,1H3,(H3,14,15,18)/t11-/m0/s1. The molecule has 0 spiro atoms. The molecule has 0 heterocycles. The van der Waals surface area contributed by atoms with E-state index >= 15 is 0 Å². The summed E-state index contributed by atoms with van der Waals surface area (Å²) in [6, 6.07) is 4.07. The molecule has 1 aromatic carbocycles. The van der Waals surface area contributed by atoms with Gasteiger partial charge in [-0.2, -0.15) is 11.8 Å². The molecule has 1 rings (SSSR count). The summed E-state index contributed by atoms with van der Waals surface area (Å²) in [5.74, 6) is 0.0728. The first-order chi connectivity index (χ1) is 10.4. The van der Waals surface area contributed by atoms with Gasteiger partial charge < -0.3 is 15.8 Å². The fourth-order valence-corrected chi connectivity index (χ4v) is 2.10. The molecule has 0 saturated carbocycles. The molecule has 1 atom stereocenters. The SMILES string of the molecule is CSCC[C@H](NC(N)=O)C(=O)OCc1ccc([N+](=O)[O-])cc1. The summed E-state index contributed by atoms with van der Waals surface area (Å²) in [6.07, 6.45) is 2.28. The summed E-state index contributed by atoms with van der Waals surface area (Å²) in [7, 11) is 0. The van der Waals surface area contributed by atoms with Gasteiger partial charge in [0.2, 0.25) is 0 Å². The number of esters is 1. The Hall–Kier alpha value is -2.29. The normalized spacial score (nSPS) is 11.5. The van der Waals surface area contributed by atoms with Gasteiger partial charge in [-0.15, -0.1) is 0 Å². The van der Waals surface area contributed by atoms with Crippen molar-refractivity contribution in [2.24, 2.45) is 5.73 Å². The van der Waals surface area contributed by atoms with Gasteiger partial charge in [0.25, 0.3) is 5.69 Å². The number of carbonyl (C=O) groups excluding carboxylic acids is 2. The largest absolute Gasteiger partial charge is 0.459 e. The third-order valence-electron chi connectivity index (χ3n) is 2.74. The van der Waals surface area contributed by atoms with E-state index in [-0.39, 0.29) is 12.3 Å². The van der Waals surface area contributed by atoms with Crippen LogP contribution in [-0.4, -0.2) is 35.0 Å². The lowest BCUT2D eigenvalue weighted by atomic mass is 10.2. The van der Waals surface area contributed by atoms with E-state index in [0.717, 1.165) is 0 Å². The number of nitro groups is 1. The highest BCUT2D eigenvalue weighted by Crippen LogP contribution is 2.13. The molecule has 0 aliphatic heterocycles. The number of benzene rings is 1. The fraction of sp³-hybridized carbons (Fsp3) is 0.385. The Morgan fingerprint density at radius 1 is 1.41 bits per heavy atom. The number of primary amides is 1. The second-order valence-corrected chi connectivity index (χ2v) is 5.36. The lowest BCUT2D eigenvalue weighted by Crippen LogP contribution is -2.44. The van der Waals surface area contributed by atoms with E-state index in [1.54, 1.807) is 0 Å². The second-order valence-electron chi connectivity index (χ2n) is 4.37. The Labute approximate surface area is 131 Å². The van der Waals surface area contributed by atoms with Gasteiger partial charge in [-0.05, 0) is 36.1 Å². The Balaban J connectivity index is 2.57. The molecule has 120 valence electrons. The Morgan fingerprint density at radius 3 is 2.55 bits per heavy atom.